The van der Waals surface area contributed by atoms with Gasteiger partial charge in [-0.1, -0.05) is 83.1 Å². The second-order valence-corrected chi connectivity index (χ2v) is 16.9. The Morgan fingerprint density at radius 2 is 1.07 bits per heavy atom. The zero-order chi connectivity index (χ0) is 46.0. The molecule has 0 bridgehead atoms. The summed E-state index contributed by atoms with van der Waals surface area (Å²) in [7, 11) is -16.8. The van der Waals surface area contributed by atoms with Crippen molar-refractivity contribution < 1.29 is 60.6 Å². The SMILES string of the molecule is CCN(CC)CC.CCN(CC)CC.CCN(CC)CC.CCN(CC)CC.Nc1ncnc2c1ncn2[C@@H]1O[C@H](COP(=O)(O)OP(=O)(O)OP(=O)(O)O)[C@H](O)C1F. The molecular weight excluding hydrogens is 838 g/mol. The molecule has 350 valence electrons. The van der Waals surface area contributed by atoms with Gasteiger partial charge in [0.25, 0.3) is 0 Å². The number of hydrogen-bond donors (Lipinski definition) is 6. The number of aliphatic hydroxyl groups excluding tert-OH is 1. The normalized spacial score (nSPS) is 19.8. The summed E-state index contributed by atoms with van der Waals surface area (Å²) >= 11 is 0. The smallest absolute Gasteiger partial charge is 0.387 e. The van der Waals surface area contributed by atoms with Crippen molar-refractivity contribution in [1.82, 2.24) is 39.1 Å². The van der Waals surface area contributed by atoms with E-state index in [1.165, 1.54) is 78.5 Å². The van der Waals surface area contributed by atoms with Crippen LogP contribution in [0.1, 0.15) is 89.3 Å². The first kappa shape index (κ1) is 59.5. The fraction of sp³-hybridized carbons (Fsp3) is 0.853. The van der Waals surface area contributed by atoms with Crippen molar-refractivity contribution >= 4 is 40.4 Å². The van der Waals surface area contributed by atoms with E-state index in [0.717, 1.165) is 17.2 Å². The molecule has 1 saturated heterocycles. The lowest BCUT2D eigenvalue weighted by molar-refractivity contribution is -0.0450. The van der Waals surface area contributed by atoms with E-state index < -0.39 is 54.7 Å². The lowest BCUT2D eigenvalue weighted by atomic mass is 10.1. The molecule has 3 rings (SSSR count). The van der Waals surface area contributed by atoms with Crippen LogP contribution in [-0.4, -0.2) is 167 Å². The summed E-state index contributed by atoms with van der Waals surface area (Å²) in [5.41, 5.74) is 5.84. The number of ether oxygens (including phenoxy) is 1. The maximum Gasteiger partial charge on any atom is 0.490 e. The third-order valence-electron chi connectivity index (χ3n) is 9.14. The van der Waals surface area contributed by atoms with E-state index in [4.69, 9.17) is 25.2 Å². The summed E-state index contributed by atoms with van der Waals surface area (Å²) in [4.78, 5) is 56.5. The molecule has 0 aromatic carbocycles. The van der Waals surface area contributed by atoms with Crippen molar-refractivity contribution in [2.75, 3.05) is 90.9 Å². The van der Waals surface area contributed by atoms with Crippen LogP contribution in [-0.2, 0) is 31.6 Å². The number of fused-ring (bicyclic) bond motifs is 1. The third kappa shape index (κ3) is 24.0. The molecule has 1 fully saturated rings. The molecule has 7 N–H and O–H groups in total. The number of nitrogens with zero attached hydrogens (tertiary/aromatic N) is 8. The summed E-state index contributed by atoms with van der Waals surface area (Å²) in [5.74, 6) is 0.00177. The predicted molar refractivity (Wildman–Crippen MR) is 228 cm³/mol. The fourth-order valence-electron chi connectivity index (χ4n) is 5.28. The van der Waals surface area contributed by atoms with Gasteiger partial charge in [0.05, 0.1) is 12.9 Å². The number of aliphatic hydroxyl groups is 1. The highest BCUT2D eigenvalue weighted by atomic mass is 31.3. The Hall–Kier alpha value is -1.55. The van der Waals surface area contributed by atoms with E-state index in [2.05, 4.69) is 131 Å². The van der Waals surface area contributed by atoms with Crippen molar-refractivity contribution in [3.8, 4) is 0 Å². The minimum absolute atomic E-state index is 0.00177. The van der Waals surface area contributed by atoms with Crippen LogP contribution >= 0.6 is 23.5 Å². The van der Waals surface area contributed by atoms with Crippen LogP contribution in [0.4, 0.5) is 10.2 Å². The largest absolute Gasteiger partial charge is 0.490 e. The van der Waals surface area contributed by atoms with E-state index in [-0.39, 0.29) is 17.0 Å². The highest BCUT2D eigenvalue weighted by Crippen LogP contribution is 2.66. The van der Waals surface area contributed by atoms with Crippen LogP contribution in [0.5, 0.6) is 0 Å². The van der Waals surface area contributed by atoms with E-state index in [1.807, 2.05) is 0 Å². The Morgan fingerprint density at radius 1 is 0.678 bits per heavy atom. The molecule has 21 nitrogen and oxygen atoms in total. The lowest BCUT2D eigenvalue weighted by Crippen LogP contribution is -2.31. The van der Waals surface area contributed by atoms with Crippen LogP contribution in [0, 0.1) is 0 Å². The first-order valence-electron chi connectivity index (χ1n) is 20.2. The highest BCUT2D eigenvalue weighted by molar-refractivity contribution is 7.66. The van der Waals surface area contributed by atoms with Gasteiger partial charge in [-0.15, -0.1) is 0 Å². The molecule has 0 radical (unpaired) electrons. The lowest BCUT2D eigenvalue weighted by Gasteiger charge is -2.19. The molecule has 2 aromatic rings. The summed E-state index contributed by atoms with van der Waals surface area (Å²) in [6, 6.07) is 0. The van der Waals surface area contributed by atoms with Gasteiger partial charge in [-0.25, -0.2) is 33.0 Å². The molecule has 1 aliphatic rings. The van der Waals surface area contributed by atoms with Crippen molar-refractivity contribution in [3.63, 3.8) is 0 Å². The van der Waals surface area contributed by atoms with Crippen LogP contribution < -0.4 is 5.73 Å². The van der Waals surface area contributed by atoms with Crippen LogP contribution in [0.3, 0.4) is 0 Å². The molecule has 59 heavy (non-hydrogen) atoms. The molecule has 6 atom stereocenters. The summed E-state index contributed by atoms with van der Waals surface area (Å²) in [6.07, 6.45) is -4.88. The minimum Gasteiger partial charge on any atom is -0.387 e. The number of hydrogen-bond acceptors (Lipinski definition) is 16. The van der Waals surface area contributed by atoms with Gasteiger partial charge in [0.15, 0.2) is 23.9 Å². The first-order valence-corrected chi connectivity index (χ1v) is 24.7. The van der Waals surface area contributed by atoms with Gasteiger partial charge in [-0.05, 0) is 78.5 Å². The molecule has 3 unspecified atom stereocenters. The van der Waals surface area contributed by atoms with E-state index in [9.17, 15) is 28.1 Å². The quantitative estimate of drug-likeness (QED) is 0.0979. The molecule has 2 aromatic heterocycles. The number of halogens is 1. The van der Waals surface area contributed by atoms with Crippen molar-refractivity contribution in [2.45, 2.75) is 108 Å². The van der Waals surface area contributed by atoms with E-state index >= 15 is 0 Å². The topological polar surface area (TPSA) is 272 Å². The zero-order valence-corrected chi connectivity index (χ0v) is 39.8. The van der Waals surface area contributed by atoms with E-state index in [1.54, 1.807) is 0 Å². The number of phosphoric acid groups is 3. The number of phosphoric ester groups is 1. The summed E-state index contributed by atoms with van der Waals surface area (Å²) in [6.45, 7) is 39.5. The number of alkyl halides is 1. The number of nitrogens with two attached hydrogens (primary N) is 1. The van der Waals surface area contributed by atoms with Crippen molar-refractivity contribution in [3.05, 3.63) is 12.7 Å². The standard InChI is InChI=1S/C10H15FN5O12P3.4C6H15N/c11-5-7(17)4(1-25-30(21,22)28-31(23,24)27-29(18,19)20)26-10(5)16-3-15-6-8(12)13-2-14-9(6)16;4*1-4-7(5-2)6-3/h2-5,7,10,17H,1H2,(H,21,22)(H,23,24)(H2,12,13,14)(H2,18,19,20);4*4-6H2,1-3H3/t4-,5?,7+,10-;;;;/m1..../s1. The van der Waals surface area contributed by atoms with Crippen LogP contribution in [0.2, 0.25) is 0 Å². The molecule has 25 heteroatoms. The Kier molecular flexibility index (Phi) is 31.6. The van der Waals surface area contributed by atoms with Gasteiger partial charge in [0.2, 0.25) is 0 Å². The molecule has 3 heterocycles. The maximum atomic E-state index is 14.6. The van der Waals surface area contributed by atoms with Gasteiger partial charge < -0.3 is 54.8 Å². The number of imidazole rings is 1. The van der Waals surface area contributed by atoms with Gasteiger partial charge in [-0.2, -0.15) is 8.62 Å². The second kappa shape index (κ2) is 31.3. The van der Waals surface area contributed by atoms with Crippen molar-refractivity contribution in [1.29, 1.82) is 0 Å². The van der Waals surface area contributed by atoms with Gasteiger partial charge in [0, 0.05) is 0 Å². The Morgan fingerprint density at radius 3 is 1.41 bits per heavy atom. The number of aromatic nitrogens is 4. The molecule has 0 amide bonds. The summed E-state index contributed by atoms with van der Waals surface area (Å²) in [5, 5.41) is 10.0. The second-order valence-electron chi connectivity index (χ2n) is 12.4. The van der Waals surface area contributed by atoms with Gasteiger partial charge in [-0.3, -0.25) is 9.09 Å². The monoisotopic (exact) mass is 913 g/mol. The number of nitrogen functional groups attached to an aromatic ring is 1. The van der Waals surface area contributed by atoms with Crippen LogP contribution in [0.25, 0.3) is 11.2 Å². The van der Waals surface area contributed by atoms with Crippen molar-refractivity contribution in [2.24, 2.45) is 0 Å². The molecule has 0 spiro atoms. The molecule has 0 saturated carbocycles. The first-order chi connectivity index (χ1) is 27.6. The van der Waals surface area contributed by atoms with Gasteiger partial charge >= 0.3 is 23.5 Å². The number of anilines is 1. The fourth-order valence-corrected chi connectivity index (χ4v) is 8.31. The Labute approximate surface area is 350 Å². The average molecular weight is 914 g/mol. The number of rotatable bonds is 20. The zero-order valence-electron chi connectivity index (χ0n) is 37.1. The summed E-state index contributed by atoms with van der Waals surface area (Å²) < 4.78 is 66.1. The predicted octanol–water partition coefficient (Wildman–Crippen LogP) is 4.74. The minimum atomic E-state index is -5.73. The molecule has 1 aliphatic heterocycles. The van der Waals surface area contributed by atoms with Gasteiger partial charge in [0.1, 0.15) is 24.1 Å². The molecular formula is C34H75FN9O12P3. The van der Waals surface area contributed by atoms with E-state index in [0.29, 0.717) is 0 Å². The average Bonchev–Trinajstić information content (AvgIpc) is 3.73. The molecule has 0 aliphatic carbocycles. The Bertz CT molecular complexity index is 1450. The van der Waals surface area contributed by atoms with Crippen LogP contribution in [0.15, 0.2) is 12.7 Å². The third-order valence-corrected chi connectivity index (χ3v) is 12.9. The highest BCUT2D eigenvalue weighted by Gasteiger charge is 2.48. The maximum absolute atomic E-state index is 14.6. The Balaban J connectivity index is 0.